The highest BCUT2D eigenvalue weighted by Gasteiger charge is 2.14. The molecule has 6 nitrogen and oxygen atoms in total. The molecule has 1 aromatic heterocycles. The summed E-state index contributed by atoms with van der Waals surface area (Å²) in [5.74, 6) is 0.591. The van der Waals surface area contributed by atoms with Gasteiger partial charge in [0.05, 0.1) is 10.5 Å². The molecule has 0 aliphatic rings. The van der Waals surface area contributed by atoms with Crippen LogP contribution in [0.5, 0.6) is 0 Å². The molecule has 1 heterocycles. The van der Waals surface area contributed by atoms with Gasteiger partial charge in [-0.05, 0) is 34.1 Å². The first-order valence-electron chi connectivity index (χ1n) is 5.98. The van der Waals surface area contributed by atoms with Crippen molar-refractivity contribution in [2.45, 2.75) is 0 Å². The molecule has 0 N–H and O–H groups in total. The van der Waals surface area contributed by atoms with Gasteiger partial charge in [-0.25, -0.2) is 0 Å². The van der Waals surface area contributed by atoms with Crippen molar-refractivity contribution in [2.75, 3.05) is 0 Å². The van der Waals surface area contributed by atoms with Crippen molar-refractivity contribution in [1.29, 1.82) is 0 Å². The van der Waals surface area contributed by atoms with Crippen LogP contribution in [0.25, 0.3) is 22.9 Å². The Balaban J connectivity index is 2.01. The molecule has 104 valence electrons. The van der Waals surface area contributed by atoms with E-state index >= 15 is 0 Å². The highest BCUT2D eigenvalue weighted by Crippen LogP contribution is 2.30. The van der Waals surface area contributed by atoms with Crippen molar-refractivity contribution >= 4 is 21.6 Å². The van der Waals surface area contributed by atoms with E-state index < -0.39 is 4.92 Å². The monoisotopic (exact) mass is 345 g/mol. The molecule has 3 aromatic rings. The predicted octanol–water partition coefficient (Wildman–Crippen LogP) is 4.07. The number of benzene rings is 2. The number of non-ortho nitro benzene ring substituents is 1. The Bertz CT molecular complexity index is 816. The zero-order chi connectivity index (χ0) is 14.8. The molecular formula is C14H8BrN3O3. The third kappa shape index (κ3) is 2.68. The molecule has 7 heteroatoms. The lowest BCUT2D eigenvalue weighted by Gasteiger charge is -1.97. The summed E-state index contributed by atoms with van der Waals surface area (Å²) in [5.41, 5.74) is 1.25. The lowest BCUT2D eigenvalue weighted by Crippen LogP contribution is -1.88. The molecule has 0 spiro atoms. The van der Waals surface area contributed by atoms with Crippen molar-refractivity contribution in [3.05, 3.63) is 63.1 Å². The molecule has 21 heavy (non-hydrogen) atoms. The molecule has 0 radical (unpaired) electrons. The molecule has 0 atom stereocenters. The molecular weight excluding hydrogens is 338 g/mol. The Labute approximate surface area is 127 Å². The normalized spacial score (nSPS) is 10.5. The van der Waals surface area contributed by atoms with Gasteiger partial charge in [-0.2, -0.15) is 0 Å². The second kappa shape index (κ2) is 5.45. The fourth-order valence-electron chi connectivity index (χ4n) is 1.84. The summed E-state index contributed by atoms with van der Waals surface area (Å²) < 4.78 is 6.43. The summed E-state index contributed by atoms with van der Waals surface area (Å²) in [6.07, 6.45) is 0. The summed E-state index contributed by atoms with van der Waals surface area (Å²) in [5, 5.41) is 18.7. The first-order valence-corrected chi connectivity index (χ1v) is 6.77. The minimum atomic E-state index is -0.464. The molecule has 2 aromatic carbocycles. The van der Waals surface area contributed by atoms with Crippen LogP contribution in [-0.2, 0) is 0 Å². The second-order valence-corrected chi connectivity index (χ2v) is 5.05. The third-order valence-corrected chi connectivity index (χ3v) is 3.52. The standard InChI is InChI=1S/C14H8BrN3O3/c15-12-7-2-1-6-11(12)14-17-16-13(21-14)9-4-3-5-10(8-9)18(19)20/h1-8H. The second-order valence-electron chi connectivity index (χ2n) is 4.20. The highest BCUT2D eigenvalue weighted by atomic mass is 79.9. The van der Waals surface area contributed by atoms with Crippen LogP contribution in [0.15, 0.2) is 57.4 Å². The summed E-state index contributed by atoms with van der Waals surface area (Å²) in [4.78, 5) is 10.3. The smallest absolute Gasteiger partial charge is 0.270 e. The van der Waals surface area contributed by atoms with E-state index in [2.05, 4.69) is 26.1 Å². The summed E-state index contributed by atoms with van der Waals surface area (Å²) in [6.45, 7) is 0. The van der Waals surface area contributed by atoms with Gasteiger partial charge in [0.25, 0.3) is 5.69 Å². The molecule has 0 bridgehead atoms. The van der Waals surface area contributed by atoms with E-state index in [0.29, 0.717) is 11.5 Å². The van der Waals surface area contributed by atoms with E-state index in [9.17, 15) is 10.1 Å². The molecule has 0 fully saturated rings. The van der Waals surface area contributed by atoms with Gasteiger partial charge in [-0.1, -0.05) is 18.2 Å². The third-order valence-electron chi connectivity index (χ3n) is 2.83. The van der Waals surface area contributed by atoms with Crippen molar-refractivity contribution in [3.8, 4) is 22.9 Å². The average Bonchev–Trinajstić information content (AvgIpc) is 2.97. The molecule has 0 aliphatic heterocycles. The Morgan fingerprint density at radius 2 is 1.81 bits per heavy atom. The van der Waals surface area contributed by atoms with Crippen LogP contribution in [0.4, 0.5) is 5.69 Å². The van der Waals surface area contributed by atoms with Crippen LogP contribution in [0.3, 0.4) is 0 Å². The molecule has 3 rings (SSSR count). The van der Waals surface area contributed by atoms with E-state index in [1.54, 1.807) is 12.1 Å². The molecule has 0 amide bonds. The minimum absolute atomic E-state index is 0.0202. The van der Waals surface area contributed by atoms with E-state index in [4.69, 9.17) is 4.42 Å². The van der Waals surface area contributed by atoms with Crippen molar-refractivity contribution < 1.29 is 9.34 Å². The van der Waals surface area contributed by atoms with Crippen molar-refractivity contribution in [1.82, 2.24) is 10.2 Å². The lowest BCUT2D eigenvalue weighted by atomic mass is 10.2. The van der Waals surface area contributed by atoms with Gasteiger partial charge >= 0.3 is 0 Å². The fraction of sp³-hybridized carbons (Fsp3) is 0. The van der Waals surface area contributed by atoms with Crippen LogP contribution >= 0.6 is 15.9 Å². The van der Waals surface area contributed by atoms with Gasteiger partial charge in [0, 0.05) is 22.2 Å². The lowest BCUT2D eigenvalue weighted by molar-refractivity contribution is -0.384. The largest absolute Gasteiger partial charge is 0.416 e. The van der Waals surface area contributed by atoms with Crippen molar-refractivity contribution in [3.63, 3.8) is 0 Å². The van der Waals surface area contributed by atoms with Gasteiger partial charge in [0.1, 0.15) is 0 Å². The number of hydrogen-bond acceptors (Lipinski definition) is 5. The van der Waals surface area contributed by atoms with Gasteiger partial charge in [0.15, 0.2) is 0 Å². The van der Waals surface area contributed by atoms with Crippen LogP contribution in [0.2, 0.25) is 0 Å². The Morgan fingerprint density at radius 1 is 1.05 bits per heavy atom. The maximum absolute atomic E-state index is 10.8. The first-order chi connectivity index (χ1) is 10.1. The Kier molecular flexibility index (Phi) is 3.49. The number of aromatic nitrogens is 2. The van der Waals surface area contributed by atoms with Crippen LogP contribution in [-0.4, -0.2) is 15.1 Å². The van der Waals surface area contributed by atoms with E-state index in [0.717, 1.165) is 10.0 Å². The number of halogens is 1. The summed E-state index contributed by atoms with van der Waals surface area (Å²) in [7, 11) is 0. The van der Waals surface area contributed by atoms with Gasteiger partial charge in [-0.3, -0.25) is 10.1 Å². The predicted molar refractivity (Wildman–Crippen MR) is 79.5 cm³/mol. The number of nitrogens with zero attached hydrogens (tertiary/aromatic N) is 3. The molecule has 0 saturated heterocycles. The molecule has 0 saturated carbocycles. The van der Waals surface area contributed by atoms with E-state index in [1.807, 2.05) is 24.3 Å². The molecule has 0 unspecified atom stereocenters. The fourth-order valence-corrected chi connectivity index (χ4v) is 2.29. The van der Waals surface area contributed by atoms with Crippen LogP contribution in [0.1, 0.15) is 0 Å². The van der Waals surface area contributed by atoms with Gasteiger partial charge in [0.2, 0.25) is 11.8 Å². The van der Waals surface area contributed by atoms with E-state index in [1.165, 1.54) is 12.1 Å². The topological polar surface area (TPSA) is 82.1 Å². The van der Waals surface area contributed by atoms with E-state index in [-0.39, 0.29) is 11.6 Å². The van der Waals surface area contributed by atoms with Crippen LogP contribution < -0.4 is 0 Å². The Morgan fingerprint density at radius 3 is 2.57 bits per heavy atom. The average molecular weight is 346 g/mol. The highest BCUT2D eigenvalue weighted by molar-refractivity contribution is 9.10. The SMILES string of the molecule is O=[N+]([O-])c1cccc(-c2nnc(-c3ccccc3Br)o2)c1. The Hall–Kier alpha value is -2.54. The molecule has 0 aliphatic carbocycles. The quantitative estimate of drug-likeness (QED) is 0.527. The van der Waals surface area contributed by atoms with Crippen molar-refractivity contribution in [2.24, 2.45) is 0 Å². The number of nitro groups is 1. The van der Waals surface area contributed by atoms with Crippen LogP contribution in [0, 0.1) is 10.1 Å². The summed E-state index contributed by atoms with van der Waals surface area (Å²) in [6, 6.07) is 13.5. The zero-order valence-corrected chi connectivity index (χ0v) is 12.1. The van der Waals surface area contributed by atoms with Gasteiger partial charge in [-0.15, -0.1) is 10.2 Å². The number of hydrogen-bond donors (Lipinski definition) is 0. The first kappa shape index (κ1) is 13.4. The maximum atomic E-state index is 10.8. The number of rotatable bonds is 3. The summed E-state index contributed by atoms with van der Waals surface area (Å²) >= 11 is 3.41. The minimum Gasteiger partial charge on any atom is -0.416 e. The number of nitro benzene ring substituents is 1. The maximum Gasteiger partial charge on any atom is 0.270 e. The zero-order valence-electron chi connectivity index (χ0n) is 10.6. The van der Waals surface area contributed by atoms with Gasteiger partial charge < -0.3 is 4.42 Å².